The summed E-state index contributed by atoms with van der Waals surface area (Å²) in [5.41, 5.74) is 7.59. The largest absolute Gasteiger partial charge is 0.366 e. The van der Waals surface area contributed by atoms with Crippen molar-refractivity contribution in [2.75, 3.05) is 11.9 Å². The molecule has 0 atom stereocenters. The lowest BCUT2D eigenvalue weighted by atomic mass is 10.0. The van der Waals surface area contributed by atoms with Gasteiger partial charge in [0.1, 0.15) is 0 Å². The van der Waals surface area contributed by atoms with Crippen LogP contribution >= 0.6 is 11.6 Å². The van der Waals surface area contributed by atoms with E-state index < -0.39 is 5.91 Å². The van der Waals surface area contributed by atoms with Crippen molar-refractivity contribution in [2.24, 2.45) is 5.73 Å². The van der Waals surface area contributed by atoms with E-state index in [4.69, 9.17) is 17.3 Å². The highest BCUT2D eigenvalue weighted by Crippen LogP contribution is 2.20. The van der Waals surface area contributed by atoms with Gasteiger partial charge in [-0.25, -0.2) is 0 Å². The molecule has 2 amide bonds. The number of amides is 2. The molecule has 2 rings (SSSR count). The average molecular weight is 303 g/mol. The molecule has 0 aromatic heterocycles. The second-order valence-electron chi connectivity index (χ2n) is 4.73. The number of aryl methyl sites for hydroxylation is 1. The van der Waals surface area contributed by atoms with Gasteiger partial charge in [-0.15, -0.1) is 0 Å². The van der Waals surface area contributed by atoms with Crippen LogP contribution in [0.5, 0.6) is 0 Å². The van der Waals surface area contributed by atoms with E-state index in [1.54, 1.807) is 56.4 Å². The van der Waals surface area contributed by atoms with Crippen molar-refractivity contribution in [3.63, 3.8) is 0 Å². The maximum atomic E-state index is 12.4. The minimum absolute atomic E-state index is 0.170. The second-order valence-corrected chi connectivity index (χ2v) is 5.17. The Hall–Kier alpha value is -2.33. The lowest BCUT2D eigenvalue weighted by Gasteiger charge is -2.18. The van der Waals surface area contributed by atoms with E-state index in [2.05, 4.69) is 0 Å². The van der Waals surface area contributed by atoms with E-state index in [0.717, 1.165) is 5.69 Å². The van der Waals surface area contributed by atoms with Gasteiger partial charge in [0.25, 0.3) is 5.91 Å². The molecule has 0 radical (unpaired) electrons. The SMILES string of the molecule is Cc1cc(C(=O)N(C)c2ccc(Cl)cc2)ccc1C(N)=O. The number of nitrogens with two attached hydrogens (primary N) is 1. The van der Waals surface area contributed by atoms with Gasteiger partial charge in [0.05, 0.1) is 0 Å². The summed E-state index contributed by atoms with van der Waals surface area (Å²) in [7, 11) is 1.68. The van der Waals surface area contributed by atoms with Crippen molar-refractivity contribution in [3.8, 4) is 0 Å². The van der Waals surface area contributed by atoms with Crippen LogP contribution < -0.4 is 10.6 Å². The minimum Gasteiger partial charge on any atom is -0.366 e. The van der Waals surface area contributed by atoms with Crippen LogP contribution in [-0.2, 0) is 0 Å². The molecule has 0 spiro atoms. The fourth-order valence-corrected chi connectivity index (χ4v) is 2.17. The molecule has 0 aliphatic rings. The molecular formula is C16H15ClN2O2. The van der Waals surface area contributed by atoms with Crippen molar-refractivity contribution in [1.82, 2.24) is 0 Å². The number of hydrogen-bond donors (Lipinski definition) is 1. The van der Waals surface area contributed by atoms with Gasteiger partial charge in [-0.1, -0.05) is 11.6 Å². The molecular weight excluding hydrogens is 288 g/mol. The molecule has 0 saturated heterocycles. The number of hydrogen-bond acceptors (Lipinski definition) is 2. The lowest BCUT2D eigenvalue weighted by Crippen LogP contribution is -2.26. The number of halogens is 1. The summed E-state index contributed by atoms with van der Waals surface area (Å²) >= 11 is 5.83. The molecule has 4 nitrogen and oxygen atoms in total. The van der Waals surface area contributed by atoms with Gasteiger partial charge in [0.15, 0.2) is 0 Å². The Kier molecular flexibility index (Phi) is 4.29. The summed E-state index contributed by atoms with van der Waals surface area (Å²) in [4.78, 5) is 25.2. The summed E-state index contributed by atoms with van der Waals surface area (Å²) in [5, 5.41) is 0.612. The molecule has 2 aromatic rings. The third-order valence-corrected chi connectivity index (χ3v) is 3.51. The average Bonchev–Trinajstić information content (AvgIpc) is 2.46. The fourth-order valence-electron chi connectivity index (χ4n) is 2.05. The molecule has 0 saturated carbocycles. The molecule has 0 heterocycles. The monoisotopic (exact) mass is 302 g/mol. The number of primary amides is 1. The van der Waals surface area contributed by atoms with Gasteiger partial charge in [0.2, 0.25) is 5.91 Å². The first-order valence-electron chi connectivity index (χ1n) is 6.34. The first-order chi connectivity index (χ1) is 9.90. The predicted octanol–water partition coefficient (Wildman–Crippen LogP) is 3.02. The topological polar surface area (TPSA) is 63.4 Å². The lowest BCUT2D eigenvalue weighted by molar-refractivity contribution is 0.0984. The highest BCUT2D eigenvalue weighted by atomic mass is 35.5. The number of nitrogens with zero attached hydrogens (tertiary/aromatic N) is 1. The normalized spacial score (nSPS) is 10.2. The first-order valence-corrected chi connectivity index (χ1v) is 6.72. The maximum absolute atomic E-state index is 12.4. The Balaban J connectivity index is 2.29. The van der Waals surface area contributed by atoms with Gasteiger partial charge >= 0.3 is 0 Å². The number of carbonyl (C=O) groups is 2. The molecule has 2 aromatic carbocycles. The number of benzene rings is 2. The van der Waals surface area contributed by atoms with Gasteiger partial charge in [-0.3, -0.25) is 9.59 Å². The van der Waals surface area contributed by atoms with Crippen LogP contribution in [0.15, 0.2) is 42.5 Å². The number of rotatable bonds is 3. The molecule has 0 aliphatic heterocycles. The van der Waals surface area contributed by atoms with Gasteiger partial charge in [0, 0.05) is 28.9 Å². The first kappa shape index (κ1) is 15.1. The van der Waals surface area contributed by atoms with Crippen LogP contribution in [0, 0.1) is 6.92 Å². The number of anilines is 1. The van der Waals surface area contributed by atoms with Gasteiger partial charge in [-0.05, 0) is 55.0 Å². The molecule has 108 valence electrons. The quantitative estimate of drug-likeness (QED) is 0.947. The zero-order valence-electron chi connectivity index (χ0n) is 11.8. The van der Waals surface area contributed by atoms with E-state index >= 15 is 0 Å². The summed E-state index contributed by atoms with van der Waals surface area (Å²) in [5.74, 6) is -0.672. The van der Waals surface area contributed by atoms with Crippen molar-refractivity contribution in [3.05, 3.63) is 64.2 Å². The maximum Gasteiger partial charge on any atom is 0.258 e. The van der Waals surface area contributed by atoms with E-state index in [9.17, 15) is 9.59 Å². The second kappa shape index (κ2) is 5.97. The highest BCUT2D eigenvalue weighted by molar-refractivity contribution is 6.30. The Morgan fingerprint density at radius 2 is 1.71 bits per heavy atom. The Labute approximate surface area is 128 Å². The van der Waals surface area contributed by atoms with Gasteiger partial charge in [-0.2, -0.15) is 0 Å². The summed E-state index contributed by atoms with van der Waals surface area (Å²) < 4.78 is 0. The van der Waals surface area contributed by atoms with Crippen molar-refractivity contribution >= 4 is 29.1 Å². The van der Waals surface area contributed by atoms with Crippen molar-refractivity contribution < 1.29 is 9.59 Å². The van der Waals surface area contributed by atoms with E-state index in [0.29, 0.717) is 21.7 Å². The third kappa shape index (κ3) is 3.23. The summed E-state index contributed by atoms with van der Waals surface area (Å²) in [6.45, 7) is 1.75. The Morgan fingerprint density at radius 3 is 2.24 bits per heavy atom. The van der Waals surface area contributed by atoms with Crippen LogP contribution in [0.1, 0.15) is 26.3 Å². The van der Waals surface area contributed by atoms with Crippen LogP contribution in [0.3, 0.4) is 0 Å². The van der Waals surface area contributed by atoms with E-state index in [1.807, 2.05) is 0 Å². The van der Waals surface area contributed by atoms with Crippen LogP contribution in [0.25, 0.3) is 0 Å². The molecule has 0 fully saturated rings. The molecule has 0 bridgehead atoms. The van der Waals surface area contributed by atoms with Gasteiger partial charge < -0.3 is 10.6 Å². The zero-order chi connectivity index (χ0) is 15.6. The minimum atomic E-state index is -0.502. The highest BCUT2D eigenvalue weighted by Gasteiger charge is 2.15. The predicted molar refractivity (Wildman–Crippen MR) is 83.9 cm³/mol. The molecule has 0 aliphatic carbocycles. The molecule has 0 unspecified atom stereocenters. The van der Waals surface area contributed by atoms with Crippen molar-refractivity contribution in [2.45, 2.75) is 6.92 Å². The van der Waals surface area contributed by atoms with Crippen LogP contribution in [0.2, 0.25) is 5.02 Å². The Bertz CT molecular complexity index is 696. The standard InChI is InChI=1S/C16H15ClN2O2/c1-10-9-11(3-8-14(10)15(18)20)16(21)19(2)13-6-4-12(17)5-7-13/h3-9H,1-2H3,(H2,18,20). The number of carbonyl (C=O) groups excluding carboxylic acids is 2. The molecule has 5 heteroatoms. The third-order valence-electron chi connectivity index (χ3n) is 3.26. The van der Waals surface area contributed by atoms with Crippen LogP contribution in [0.4, 0.5) is 5.69 Å². The summed E-state index contributed by atoms with van der Waals surface area (Å²) in [6.07, 6.45) is 0. The van der Waals surface area contributed by atoms with E-state index in [-0.39, 0.29) is 5.91 Å². The molecule has 21 heavy (non-hydrogen) atoms. The Morgan fingerprint density at radius 1 is 1.10 bits per heavy atom. The fraction of sp³-hybridized carbons (Fsp3) is 0.125. The smallest absolute Gasteiger partial charge is 0.258 e. The van der Waals surface area contributed by atoms with E-state index in [1.165, 1.54) is 4.90 Å². The molecule has 2 N–H and O–H groups in total. The zero-order valence-corrected chi connectivity index (χ0v) is 12.5. The van der Waals surface area contributed by atoms with Crippen LogP contribution in [-0.4, -0.2) is 18.9 Å². The van der Waals surface area contributed by atoms with Crippen molar-refractivity contribution in [1.29, 1.82) is 0 Å². The summed E-state index contributed by atoms with van der Waals surface area (Å²) in [6, 6.07) is 11.8.